The maximum Gasteiger partial charge on any atom is 0.270 e. The molecule has 0 aromatic heterocycles. The summed E-state index contributed by atoms with van der Waals surface area (Å²) in [7, 11) is -2.24. The molecule has 3 rings (SSSR count). The molecule has 1 aliphatic rings. The third kappa shape index (κ3) is 3.80. The molecule has 0 aliphatic heterocycles. The maximum atomic E-state index is 13.0. The Morgan fingerprint density at radius 3 is 2.44 bits per heavy atom. The van der Waals surface area contributed by atoms with Crippen LogP contribution >= 0.6 is 0 Å². The monoisotopic (exact) mass is 362 g/mol. The number of ether oxygens (including phenoxy) is 1. The molecule has 0 bridgehead atoms. The second-order valence-corrected chi connectivity index (χ2v) is 7.77. The number of nitro benzene ring substituents is 1. The zero-order valence-electron chi connectivity index (χ0n) is 13.7. The van der Waals surface area contributed by atoms with Crippen molar-refractivity contribution in [2.45, 2.75) is 30.3 Å². The van der Waals surface area contributed by atoms with Gasteiger partial charge >= 0.3 is 0 Å². The molecule has 1 fully saturated rings. The minimum absolute atomic E-state index is 0.0536. The van der Waals surface area contributed by atoms with Crippen LogP contribution in [0.3, 0.4) is 0 Å². The Morgan fingerprint density at radius 2 is 1.88 bits per heavy atom. The average Bonchev–Trinajstić information content (AvgIpc) is 3.45. The van der Waals surface area contributed by atoms with E-state index in [-0.39, 0.29) is 23.2 Å². The highest BCUT2D eigenvalue weighted by Crippen LogP contribution is 2.34. The Hall–Kier alpha value is -2.45. The van der Waals surface area contributed by atoms with E-state index in [0.29, 0.717) is 5.75 Å². The van der Waals surface area contributed by atoms with Crippen LogP contribution in [0.4, 0.5) is 5.69 Å². The smallest absolute Gasteiger partial charge is 0.270 e. The van der Waals surface area contributed by atoms with Crippen molar-refractivity contribution in [1.29, 1.82) is 0 Å². The van der Waals surface area contributed by atoms with Crippen LogP contribution in [0.15, 0.2) is 53.4 Å². The number of nitro groups is 1. The van der Waals surface area contributed by atoms with Gasteiger partial charge in [0.15, 0.2) is 0 Å². The molecular formula is C17H18N2O5S. The zero-order chi connectivity index (χ0) is 18.0. The molecule has 0 saturated heterocycles. The zero-order valence-corrected chi connectivity index (χ0v) is 14.5. The molecule has 0 N–H and O–H groups in total. The Balaban J connectivity index is 1.91. The summed E-state index contributed by atoms with van der Waals surface area (Å²) >= 11 is 0. The minimum Gasteiger partial charge on any atom is -0.497 e. The first kappa shape index (κ1) is 17.4. The van der Waals surface area contributed by atoms with Gasteiger partial charge in [-0.05, 0) is 36.6 Å². The molecule has 1 aliphatic carbocycles. The largest absolute Gasteiger partial charge is 0.497 e. The average molecular weight is 362 g/mol. The fraction of sp³-hybridized carbons (Fsp3) is 0.294. The first-order chi connectivity index (χ1) is 11.9. The van der Waals surface area contributed by atoms with Crippen molar-refractivity contribution < 1.29 is 18.1 Å². The van der Waals surface area contributed by atoms with Crippen LogP contribution in [0, 0.1) is 10.1 Å². The van der Waals surface area contributed by atoms with E-state index in [1.54, 1.807) is 19.2 Å². The van der Waals surface area contributed by atoms with Crippen LogP contribution in [0.1, 0.15) is 18.4 Å². The number of hydrogen-bond acceptors (Lipinski definition) is 5. The van der Waals surface area contributed by atoms with E-state index >= 15 is 0 Å². The summed E-state index contributed by atoms with van der Waals surface area (Å²) in [6.45, 7) is 0.222. The summed E-state index contributed by atoms with van der Waals surface area (Å²) in [5.41, 5.74) is 0.600. The summed E-state index contributed by atoms with van der Waals surface area (Å²) in [5.74, 6) is 0.697. The second-order valence-electron chi connectivity index (χ2n) is 5.88. The van der Waals surface area contributed by atoms with E-state index in [0.717, 1.165) is 24.5 Å². The number of sulfonamides is 1. The first-order valence-corrected chi connectivity index (χ1v) is 9.25. The topological polar surface area (TPSA) is 89.8 Å². The Bertz CT molecular complexity index is 876. The van der Waals surface area contributed by atoms with Crippen LogP contribution in [0.5, 0.6) is 5.75 Å². The third-order valence-corrected chi connectivity index (χ3v) is 5.98. The van der Waals surface area contributed by atoms with Crippen molar-refractivity contribution in [1.82, 2.24) is 4.31 Å². The Kier molecular flexibility index (Phi) is 4.73. The molecule has 8 heteroatoms. The van der Waals surface area contributed by atoms with Crippen molar-refractivity contribution >= 4 is 15.7 Å². The lowest BCUT2D eigenvalue weighted by molar-refractivity contribution is -0.385. The van der Waals surface area contributed by atoms with Gasteiger partial charge in [0.2, 0.25) is 10.0 Å². The van der Waals surface area contributed by atoms with Crippen molar-refractivity contribution in [3.05, 3.63) is 64.2 Å². The molecule has 0 spiro atoms. The molecular weight excluding hydrogens is 344 g/mol. The predicted molar refractivity (Wildman–Crippen MR) is 91.8 cm³/mol. The predicted octanol–water partition coefficient (Wildman–Crippen LogP) is 2.96. The number of methoxy groups -OCH3 is 1. The molecule has 0 amide bonds. The van der Waals surface area contributed by atoms with Gasteiger partial charge in [-0.3, -0.25) is 10.1 Å². The van der Waals surface area contributed by atoms with Crippen molar-refractivity contribution in [2.24, 2.45) is 0 Å². The number of benzene rings is 2. The third-order valence-electron chi connectivity index (χ3n) is 4.09. The maximum absolute atomic E-state index is 13.0. The normalized spacial score (nSPS) is 14.5. The van der Waals surface area contributed by atoms with E-state index < -0.39 is 14.9 Å². The highest BCUT2D eigenvalue weighted by molar-refractivity contribution is 7.89. The fourth-order valence-electron chi connectivity index (χ4n) is 2.58. The van der Waals surface area contributed by atoms with Crippen molar-refractivity contribution in [3.63, 3.8) is 0 Å². The lowest BCUT2D eigenvalue weighted by Crippen LogP contribution is -2.32. The van der Waals surface area contributed by atoms with E-state index in [1.165, 1.54) is 22.5 Å². The van der Waals surface area contributed by atoms with Crippen LogP contribution in [-0.4, -0.2) is 30.8 Å². The molecule has 132 valence electrons. The van der Waals surface area contributed by atoms with E-state index in [9.17, 15) is 18.5 Å². The lowest BCUT2D eigenvalue weighted by atomic mass is 10.2. The molecule has 1 saturated carbocycles. The number of rotatable bonds is 7. The van der Waals surface area contributed by atoms with Crippen LogP contribution in [0.2, 0.25) is 0 Å². The summed E-state index contributed by atoms with van der Waals surface area (Å²) in [4.78, 5) is 10.3. The van der Waals surface area contributed by atoms with Crippen LogP contribution in [0.25, 0.3) is 0 Å². The number of hydrogen-bond donors (Lipinski definition) is 0. The van der Waals surface area contributed by atoms with Gasteiger partial charge < -0.3 is 4.74 Å². The molecule has 7 nitrogen and oxygen atoms in total. The summed E-state index contributed by atoms with van der Waals surface area (Å²) in [6, 6.07) is 12.3. The van der Waals surface area contributed by atoms with Gasteiger partial charge in [0.05, 0.1) is 16.9 Å². The van der Waals surface area contributed by atoms with Gasteiger partial charge in [-0.25, -0.2) is 8.42 Å². The highest BCUT2D eigenvalue weighted by atomic mass is 32.2. The molecule has 0 unspecified atom stereocenters. The van der Waals surface area contributed by atoms with Gasteiger partial charge in [0.25, 0.3) is 5.69 Å². The van der Waals surface area contributed by atoms with E-state index in [4.69, 9.17) is 4.74 Å². The molecule has 0 radical (unpaired) electrons. The SMILES string of the molecule is COc1ccc(CN(C2CC2)S(=O)(=O)c2cccc([N+](=O)[O-])c2)cc1. The van der Waals surface area contributed by atoms with Gasteiger partial charge in [-0.1, -0.05) is 18.2 Å². The number of nitrogens with zero attached hydrogens (tertiary/aromatic N) is 2. The van der Waals surface area contributed by atoms with Crippen molar-refractivity contribution in [3.8, 4) is 5.75 Å². The van der Waals surface area contributed by atoms with Crippen molar-refractivity contribution in [2.75, 3.05) is 7.11 Å². The summed E-state index contributed by atoms with van der Waals surface area (Å²) < 4.78 is 32.5. The van der Waals surface area contributed by atoms with Crippen LogP contribution < -0.4 is 4.74 Å². The standard InChI is InChI=1S/C17H18N2O5S/c1-24-16-9-5-13(6-10-16)12-18(14-7-8-14)25(22,23)17-4-2-3-15(11-17)19(20)21/h2-6,9-11,14H,7-8,12H2,1H3. The molecule has 2 aromatic carbocycles. The summed E-state index contributed by atoms with van der Waals surface area (Å²) in [5, 5.41) is 10.9. The fourth-order valence-corrected chi connectivity index (χ4v) is 4.29. The lowest BCUT2D eigenvalue weighted by Gasteiger charge is -2.22. The van der Waals surface area contributed by atoms with Gasteiger partial charge in [0.1, 0.15) is 5.75 Å². The molecule has 0 atom stereocenters. The Labute approximate surface area is 146 Å². The number of non-ortho nitro benzene ring substituents is 1. The quantitative estimate of drug-likeness (QED) is 0.558. The van der Waals surface area contributed by atoms with E-state index in [2.05, 4.69) is 0 Å². The summed E-state index contributed by atoms with van der Waals surface area (Å²) in [6.07, 6.45) is 1.59. The first-order valence-electron chi connectivity index (χ1n) is 7.81. The molecule has 2 aromatic rings. The highest BCUT2D eigenvalue weighted by Gasteiger charge is 2.38. The van der Waals surface area contributed by atoms with E-state index in [1.807, 2.05) is 12.1 Å². The van der Waals surface area contributed by atoms with Gasteiger partial charge in [-0.2, -0.15) is 4.31 Å². The minimum atomic E-state index is -3.81. The van der Waals surface area contributed by atoms with Gasteiger partial charge in [-0.15, -0.1) is 0 Å². The van der Waals surface area contributed by atoms with Crippen LogP contribution in [-0.2, 0) is 16.6 Å². The Morgan fingerprint density at radius 1 is 1.20 bits per heavy atom. The second kappa shape index (κ2) is 6.81. The van der Waals surface area contributed by atoms with Gasteiger partial charge in [0, 0.05) is 24.7 Å². The molecule has 25 heavy (non-hydrogen) atoms. The molecule has 0 heterocycles.